The third-order valence-electron chi connectivity index (χ3n) is 5.16. The lowest BCUT2D eigenvalue weighted by atomic mass is 10.1. The lowest BCUT2D eigenvalue weighted by Gasteiger charge is -2.32. The number of hydrogen-bond donors (Lipinski definition) is 1. The Morgan fingerprint density at radius 3 is 2.57 bits per heavy atom. The number of aromatic nitrogens is 4. The highest BCUT2D eigenvalue weighted by Crippen LogP contribution is 2.32. The van der Waals surface area contributed by atoms with E-state index in [0.717, 1.165) is 53.6 Å². The van der Waals surface area contributed by atoms with Crippen molar-refractivity contribution in [1.29, 1.82) is 0 Å². The van der Waals surface area contributed by atoms with Crippen LogP contribution in [0.3, 0.4) is 0 Å². The number of nitrogens with one attached hydrogen (secondary N) is 1. The summed E-state index contributed by atoms with van der Waals surface area (Å²) in [7, 11) is 0. The first-order valence-electron chi connectivity index (χ1n) is 9.63. The van der Waals surface area contributed by atoms with Gasteiger partial charge in [-0.1, -0.05) is 30.3 Å². The normalized spacial score (nSPS) is 17.2. The summed E-state index contributed by atoms with van der Waals surface area (Å²) in [6.07, 6.45) is 3.62. The van der Waals surface area contributed by atoms with Crippen molar-refractivity contribution >= 4 is 11.5 Å². The Morgan fingerprint density at radius 2 is 1.79 bits per heavy atom. The molecular weight excluding hydrogens is 348 g/mol. The van der Waals surface area contributed by atoms with Crippen LogP contribution in [0.1, 0.15) is 6.92 Å². The zero-order valence-corrected chi connectivity index (χ0v) is 15.8. The van der Waals surface area contributed by atoms with Crippen LogP contribution in [0.4, 0.5) is 5.82 Å². The highest BCUT2D eigenvalue weighted by atomic mass is 15.3. The molecule has 5 rings (SSSR count). The Hall–Kier alpha value is -3.25. The van der Waals surface area contributed by atoms with Gasteiger partial charge in [0.2, 0.25) is 0 Å². The van der Waals surface area contributed by atoms with E-state index < -0.39 is 0 Å². The number of rotatable bonds is 3. The van der Waals surface area contributed by atoms with E-state index >= 15 is 0 Å². The van der Waals surface area contributed by atoms with Crippen molar-refractivity contribution in [2.45, 2.75) is 13.0 Å². The quantitative estimate of drug-likeness (QED) is 0.600. The van der Waals surface area contributed by atoms with Crippen molar-refractivity contribution in [2.24, 2.45) is 0 Å². The average molecular weight is 370 g/mol. The fraction of sp³-hybridized carbons (Fsp3) is 0.227. The highest BCUT2D eigenvalue weighted by molar-refractivity contribution is 5.81. The molecule has 140 valence electrons. The van der Waals surface area contributed by atoms with Crippen LogP contribution in [0, 0.1) is 0 Å². The molecule has 0 radical (unpaired) electrons. The fourth-order valence-corrected chi connectivity index (χ4v) is 3.80. The van der Waals surface area contributed by atoms with Crippen LogP contribution in [-0.4, -0.2) is 45.3 Å². The van der Waals surface area contributed by atoms with E-state index in [4.69, 9.17) is 10.1 Å². The summed E-state index contributed by atoms with van der Waals surface area (Å²) in [5.74, 6) is 0.980. The second-order valence-corrected chi connectivity index (χ2v) is 7.17. The first-order chi connectivity index (χ1) is 13.8. The molecule has 1 unspecified atom stereocenters. The molecule has 0 bridgehead atoms. The van der Waals surface area contributed by atoms with Crippen LogP contribution in [0.15, 0.2) is 67.0 Å². The van der Waals surface area contributed by atoms with E-state index in [1.54, 1.807) is 0 Å². The molecule has 1 fully saturated rings. The predicted octanol–water partition coefficient (Wildman–Crippen LogP) is 3.26. The second kappa shape index (κ2) is 7.05. The van der Waals surface area contributed by atoms with Crippen molar-refractivity contribution in [2.75, 3.05) is 24.5 Å². The Balaban J connectivity index is 1.70. The van der Waals surface area contributed by atoms with Crippen molar-refractivity contribution < 1.29 is 0 Å². The molecule has 0 aliphatic carbocycles. The van der Waals surface area contributed by atoms with Crippen LogP contribution in [0.25, 0.3) is 28.2 Å². The van der Waals surface area contributed by atoms with Crippen molar-refractivity contribution in [1.82, 2.24) is 24.9 Å². The smallest absolute Gasteiger partial charge is 0.155 e. The third kappa shape index (κ3) is 3.01. The maximum absolute atomic E-state index is 4.99. The van der Waals surface area contributed by atoms with Gasteiger partial charge < -0.3 is 10.2 Å². The van der Waals surface area contributed by atoms with E-state index in [0.29, 0.717) is 6.04 Å². The minimum atomic E-state index is 0.452. The molecule has 6 heteroatoms. The molecule has 1 aliphatic rings. The molecule has 0 amide bonds. The van der Waals surface area contributed by atoms with E-state index in [1.165, 1.54) is 0 Å². The maximum Gasteiger partial charge on any atom is 0.155 e. The number of hydrogen-bond acceptors (Lipinski definition) is 5. The van der Waals surface area contributed by atoms with Crippen LogP contribution in [-0.2, 0) is 0 Å². The summed E-state index contributed by atoms with van der Waals surface area (Å²) in [4.78, 5) is 11.4. The Morgan fingerprint density at radius 1 is 0.964 bits per heavy atom. The largest absolute Gasteiger partial charge is 0.352 e. The summed E-state index contributed by atoms with van der Waals surface area (Å²) in [6, 6.07) is 18.9. The number of imidazole rings is 1. The van der Waals surface area contributed by atoms with Gasteiger partial charge in [-0.25, -0.2) is 9.50 Å². The summed E-state index contributed by atoms with van der Waals surface area (Å²) >= 11 is 0. The SMILES string of the molecule is CC1CN(c2ccc3nc(-c4ccccc4)c(-c4ccncc4)n3n2)CCN1. The number of nitrogens with zero attached hydrogens (tertiary/aromatic N) is 5. The van der Waals surface area contributed by atoms with Gasteiger partial charge in [0.05, 0.1) is 5.69 Å². The van der Waals surface area contributed by atoms with E-state index in [2.05, 4.69) is 46.4 Å². The van der Waals surface area contributed by atoms with Gasteiger partial charge in [0, 0.05) is 49.2 Å². The van der Waals surface area contributed by atoms with Gasteiger partial charge in [-0.3, -0.25) is 4.98 Å². The molecule has 28 heavy (non-hydrogen) atoms. The molecule has 0 spiro atoms. The zero-order chi connectivity index (χ0) is 18.9. The molecular formula is C22H22N6. The summed E-state index contributed by atoms with van der Waals surface area (Å²) in [6.45, 7) is 5.08. The predicted molar refractivity (Wildman–Crippen MR) is 111 cm³/mol. The molecule has 1 saturated heterocycles. The van der Waals surface area contributed by atoms with Gasteiger partial charge in [-0.05, 0) is 31.2 Å². The Bertz CT molecular complexity index is 1090. The number of piperazine rings is 1. The monoisotopic (exact) mass is 370 g/mol. The molecule has 1 atom stereocenters. The standard InChI is InChI=1S/C22H22N6/c1-16-15-27(14-13-24-16)20-8-7-19-25-21(17-5-3-2-4-6-17)22(28(19)26-20)18-9-11-23-12-10-18/h2-12,16,24H,13-15H2,1H3. The highest BCUT2D eigenvalue weighted by Gasteiger charge is 2.20. The maximum atomic E-state index is 4.99. The molecule has 3 aromatic heterocycles. The number of anilines is 1. The van der Waals surface area contributed by atoms with Crippen LogP contribution >= 0.6 is 0 Å². The van der Waals surface area contributed by atoms with Crippen molar-refractivity contribution in [3.8, 4) is 22.5 Å². The zero-order valence-electron chi connectivity index (χ0n) is 15.8. The molecule has 6 nitrogen and oxygen atoms in total. The van der Waals surface area contributed by atoms with Gasteiger partial charge >= 0.3 is 0 Å². The summed E-state index contributed by atoms with van der Waals surface area (Å²) in [5.41, 5.74) is 4.91. The van der Waals surface area contributed by atoms with Gasteiger partial charge in [-0.2, -0.15) is 0 Å². The van der Waals surface area contributed by atoms with E-state index in [1.807, 2.05) is 47.2 Å². The molecule has 4 heterocycles. The lowest BCUT2D eigenvalue weighted by Crippen LogP contribution is -2.49. The van der Waals surface area contributed by atoms with E-state index in [-0.39, 0.29) is 0 Å². The van der Waals surface area contributed by atoms with Crippen LogP contribution in [0.5, 0.6) is 0 Å². The third-order valence-corrected chi connectivity index (χ3v) is 5.16. The van der Waals surface area contributed by atoms with Crippen molar-refractivity contribution in [3.63, 3.8) is 0 Å². The Kier molecular flexibility index (Phi) is 4.25. The van der Waals surface area contributed by atoms with Crippen molar-refractivity contribution in [3.05, 3.63) is 67.0 Å². The number of benzene rings is 1. The van der Waals surface area contributed by atoms with Crippen LogP contribution in [0.2, 0.25) is 0 Å². The first-order valence-corrected chi connectivity index (χ1v) is 9.63. The molecule has 0 saturated carbocycles. The minimum Gasteiger partial charge on any atom is -0.352 e. The van der Waals surface area contributed by atoms with Gasteiger partial charge in [0.15, 0.2) is 5.65 Å². The van der Waals surface area contributed by atoms with Gasteiger partial charge in [0.25, 0.3) is 0 Å². The van der Waals surface area contributed by atoms with Gasteiger partial charge in [0.1, 0.15) is 11.5 Å². The second-order valence-electron chi connectivity index (χ2n) is 7.17. The van der Waals surface area contributed by atoms with Crippen LogP contribution < -0.4 is 10.2 Å². The lowest BCUT2D eigenvalue weighted by molar-refractivity contribution is 0.481. The molecule has 1 aliphatic heterocycles. The molecule has 4 aromatic rings. The van der Waals surface area contributed by atoms with Gasteiger partial charge in [-0.15, -0.1) is 5.10 Å². The fourth-order valence-electron chi connectivity index (χ4n) is 3.80. The topological polar surface area (TPSA) is 58.4 Å². The summed E-state index contributed by atoms with van der Waals surface area (Å²) < 4.78 is 1.97. The molecule has 1 aromatic carbocycles. The Labute approximate surface area is 163 Å². The van der Waals surface area contributed by atoms with E-state index in [9.17, 15) is 0 Å². The summed E-state index contributed by atoms with van der Waals surface area (Å²) in [5, 5.41) is 8.47. The molecule has 1 N–H and O–H groups in total. The first kappa shape index (κ1) is 16.9. The number of fused-ring (bicyclic) bond motifs is 1. The minimum absolute atomic E-state index is 0.452. The number of pyridine rings is 1. The average Bonchev–Trinajstić information content (AvgIpc) is 3.14.